The van der Waals surface area contributed by atoms with E-state index in [4.69, 9.17) is 14.6 Å². The fraction of sp³-hybridized carbons (Fsp3) is 1.00. The van der Waals surface area contributed by atoms with Crippen LogP contribution < -0.4 is 0 Å². The van der Waals surface area contributed by atoms with E-state index in [1.807, 2.05) is 0 Å². The van der Waals surface area contributed by atoms with E-state index in [9.17, 15) is 0 Å². The number of hydrogen-bond acceptors (Lipinski definition) is 3. The minimum Gasteiger partial charge on any atom is -0.394 e. The standard InChI is InChI=1S/C10H18O3/c1-8-3-2-4-10(5-8)12-7-9(6-11)13-10/h8-9,11H,2-7H2,1H3. The second-order valence-corrected chi connectivity index (χ2v) is 4.35. The minimum atomic E-state index is -0.342. The van der Waals surface area contributed by atoms with E-state index in [1.54, 1.807) is 0 Å². The summed E-state index contributed by atoms with van der Waals surface area (Å²) in [6, 6.07) is 0. The topological polar surface area (TPSA) is 38.7 Å². The summed E-state index contributed by atoms with van der Waals surface area (Å²) >= 11 is 0. The molecule has 76 valence electrons. The van der Waals surface area contributed by atoms with Gasteiger partial charge in [0.25, 0.3) is 0 Å². The Hall–Kier alpha value is -0.120. The predicted molar refractivity (Wildman–Crippen MR) is 48.3 cm³/mol. The molecule has 0 bridgehead atoms. The monoisotopic (exact) mass is 186 g/mol. The molecule has 0 aromatic rings. The fourth-order valence-electron chi connectivity index (χ4n) is 2.40. The lowest BCUT2D eigenvalue weighted by Gasteiger charge is -2.35. The van der Waals surface area contributed by atoms with Gasteiger partial charge in [0, 0.05) is 12.8 Å². The molecule has 3 heteroatoms. The van der Waals surface area contributed by atoms with Gasteiger partial charge in [-0.05, 0) is 12.3 Å². The molecule has 1 aliphatic carbocycles. The molecule has 2 aliphatic rings. The Morgan fingerprint density at radius 1 is 1.54 bits per heavy atom. The maximum absolute atomic E-state index is 8.94. The second-order valence-electron chi connectivity index (χ2n) is 4.35. The van der Waals surface area contributed by atoms with E-state index in [1.165, 1.54) is 12.8 Å². The summed E-state index contributed by atoms with van der Waals surface area (Å²) in [6.07, 6.45) is 4.35. The van der Waals surface area contributed by atoms with Gasteiger partial charge in [-0.25, -0.2) is 0 Å². The number of aliphatic hydroxyl groups is 1. The summed E-state index contributed by atoms with van der Waals surface area (Å²) in [5.41, 5.74) is 0. The Morgan fingerprint density at radius 2 is 2.38 bits per heavy atom. The maximum atomic E-state index is 8.94. The lowest BCUT2D eigenvalue weighted by atomic mass is 9.86. The molecular weight excluding hydrogens is 168 g/mol. The molecule has 3 unspecified atom stereocenters. The van der Waals surface area contributed by atoms with Crippen LogP contribution in [-0.2, 0) is 9.47 Å². The van der Waals surface area contributed by atoms with Crippen LogP contribution in [0.2, 0.25) is 0 Å². The van der Waals surface area contributed by atoms with Crippen molar-refractivity contribution in [1.29, 1.82) is 0 Å². The summed E-state index contributed by atoms with van der Waals surface area (Å²) in [5, 5.41) is 8.94. The summed E-state index contributed by atoms with van der Waals surface area (Å²) in [7, 11) is 0. The Kier molecular flexibility index (Phi) is 2.58. The molecule has 0 aromatic heterocycles. The Labute approximate surface area is 79.0 Å². The van der Waals surface area contributed by atoms with Gasteiger partial charge in [-0.3, -0.25) is 0 Å². The molecule has 3 nitrogen and oxygen atoms in total. The molecule has 1 spiro atoms. The number of hydrogen-bond donors (Lipinski definition) is 1. The largest absolute Gasteiger partial charge is 0.394 e. The van der Waals surface area contributed by atoms with Crippen molar-refractivity contribution in [3.05, 3.63) is 0 Å². The Bertz CT molecular complexity index is 183. The zero-order valence-corrected chi connectivity index (χ0v) is 8.16. The van der Waals surface area contributed by atoms with Crippen LogP contribution in [0.5, 0.6) is 0 Å². The molecule has 0 radical (unpaired) electrons. The van der Waals surface area contributed by atoms with Crippen molar-refractivity contribution in [2.75, 3.05) is 13.2 Å². The van der Waals surface area contributed by atoms with Gasteiger partial charge in [0.2, 0.25) is 0 Å². The van der Waals surface area contributed by atoms with Crippen molar-refractivity contribution >= 4 is 0 Å². The molecule has 1 heterocycles. The number of ether oxygens (including phenoxy) is 2. The Morgan fingerprint density at radius 3 is 3.00 bits per heavy atom. The zero-order chi connectivity index (χ0) is 9.31. The van der Waals surface area contributed by atoms with Crippen LogP contribution in [0.1, 0.15) is 32.6 Å². The van der Waals surface area contributed by atoms with Gasteiger partial charge in [-0.1, -0.05) is 13.3 Å². The minimum absolute atomic E-state index is 0.0795. The molecule has 1 saturated carbocycles. The molecule has 0 aromatic carbocycles. The van der Waals surface area contributed by atoms with E-state index in [-0.39, 0.29) is 18.5 Å². The molecule has 2 fully saturated rings. The lowest BCUT2D eigenvalue weighted by molar-refractivity contribution is -0.197. The molecule has 0 amide bonds. The maximum Gasteiger partial charge on any atom is 0.169 e. The van der Waals surface area contributed by atoms with E-state index < -0.39 is 0 Å². The lowest BCUT2D eigenvalue weighted by Crippen LogP contribution is -2.36. The molecule has 3 atom stereocenters. The average Bonchev–Trinajstić information content (AvgIpc) is 2.48. The van der Waals surface area contributed by atoms with E-state index >= 15 is 0 Å². The van der Waals surface area contributed by atoms with Gasteiger partial charge in [0.15, 0.2) is 5.79 Å². The van der Waals surface area contributed by atoms with Crippen LogP contribution in [0.3, 0.4) is 0 Å². The van der Waals surface area contributed by atoms with Crippen molar-refractivity contribution in [1.82, 2.24) is 0 Å². The average molecular weight is 186 g/mol. The first-order valence-electron chi connectivity index (χ1n) is 5.17. The SMILES string of the molecule is CC1CCCC2(C1)OCC(CO)O2. The Balaban J connectivity index is 1.97. The van der Waals surface area contributed by atoms with Crippen molar-refractivity contribution in [2.45, 2.75) is 44.5 Å². The summed E-state index contributed by atoms with van der Waals surface area (Å²) in [6.45, 7) is 2.87. The predicted octanol–water partition coefficient (Wildman–Crippen LogP) is 1.30. The normalized spacial score (nSPS) is 45.7. The third-order valence-electron chi connectivity index (χ3n) is 3.03. The second kappa shape index (κ2) is 3.56. The molecule has 1 saturated heterocycles. The molecule has 2 rings (SSSR count). The first-order chi connectivity index (χ1) is 6.24. The van der Waals surface area contributed by atoms with Crippen molar-refractivity contribution in [3.63, 3.8) is 0 Å². The van der Waals surface area contributed by atoms with Gasteiger partial charge in [-0.15, -0.1) is 0 Å². The smallest absolute Gasteiger partial charge is 0.169 e. The van der Waals surface area contributed by atoms with Crippen LogP contribution in [0.15, 0.2) is 0 Å². The van der Waals surface area contributed by atoms with Crippen LogP contribution in [0.4, 0.5) is 0 Å². The highest BCUT2D eigenvalue weighted by Gasteiger charge is 2.43. The van der Waals surface area contributed by atoms with Crippen LogP contribution in [-0.4, -0.2) is 30.2 Å². The zero-order valence-electron chi connectivity index (χ0n) is 8.16. The van der Waals surface area contributed by atoms with Gasteiger partial charge < -0.3 is 14.6 Å². The first kappa shape index (κ1) is 9.44. The fourth-order valence-corrected chi connectivity index (χ4v) is 2.40. The third kappa shape index (κ3) is 1.87. The van der Waals surface area contributed by atoms with Gasteiger partial charge in [0.1, 0.15) is 6.10 Å². The molecule has 13 heavy (non-hydrogen) atoms. The highest BCUT2D eigenvalue weighted by molar-refractivity contribution is 4.84. The van der Waals surface area contributed by atoms with E-state index in [0.717, 1.165) is 12.8 Å². The first-order valence-corrected chi connectivity index (χ1v) is 5.17. The van der Waals surface area contributed by atoms with Crippen molar-refractivity contribution < 1.29 is 14.6 Å². The van der Waals surface area contributed by atoms with E-state index in [0.29, 0.717) is 12.5 Å². The summed E-state index contributed by atoms with van der Waals surface area (Å²) < 4.78 is 11.4. The van der Waals surface area contributed by atoms with E-state index in [2.05, 4.69) is 6.92 Å². The quantitative estimate of drug-likeness (QED) is 0.671. The van der Waals surface area contributed by atoms with Gasteiger partial charge >= 0.3 is 0 Å². The molecular formula is C10H18O3. The highest BCUT2D eigenvalue weighted by atomic mass is 16.7. The number of aliphatic hydroxyl groups excluding tert-OH is 1. The van der Waals surface area contributed by atoms with Crippen molar-refractivity contribution in [3.8, 4) is 0 Å². The van der Waals surface area contributed by atoms with Crippen molar-refractivity contribution in [2.24, 2.45) is 5.92 Å². The van der Waals surface area contributed by atoms with Gasteiger partial charge in [0.05, 0.1) is 13.2 Å². The summed E-state index contributed by atoms with van der Waals surface area (Å²) in [4.78, 5) is 0. The third-order valence-corrected chi connectivity index (χ3v) is 3.03. The molecule has 1 N–H and O–H groups in total. The summed E-state index contributed by atoms with van der Waals surface area (Å²) in [5.74, 6) is 0.344. The van der Waals surface area contributed by atoms with Crippen LogP contribution >= 0.6 is 0 Å². The van der Waals surface area contributed by atoms with Crippen LogP contribution in [0.25, 0.3) is 0 Å². The highest BCUT2D eigenvalue weighted by Crippen LogP contribution is 2.40. The van der Waals surface area contributed by atoms with Gasteiger partial charge in [-0.2, -0.15) is 0 Å². The number of rotatable bonds is 1. The molecule has 1 aliphatic heterocycles. The van der Waals surface area contributed by atoms with Crippen LogP contribution in [0, 0.1) is 5.92 Å².